The van der Waals surface area contributed by atoms with E-state index >= 15 is 0 Å². The number of esters is 1. The summed E-state index contributed by atoms with van der Waals surface area (Å²) >= 11 is 1.44. The molecule has 27 heavy (non-hydrogen) atoms. The van der Waals surface area contributed by atoms with Crippen LogP contribution in [0, 0.1) is 0 Å². The Kier molecular flexibility index (Phi) is 5.81. The number of hydrogen-bond donors (Lipinski definition) is 2. The first-order valence-electron chi connectivity index (χ1n) is 8.57. The van der Waals surface area contributed by atoms with Crippen LogP contribution in [-0.4, -0.2) is 29.6 Å². The molecule has 0 radical (unpaired) electrons. The van der Waals surface area contributed by atoms with Crippen LogP contribution in [0.1, 0.15) is 35.8 Å². The zero-order chi connectivity index (χ0) is 19.4. The number of nitrogens with one attached hydrogen (secondary N) is 2. The van der Waals surface area contributed by atoms with Crippen molar-refractivity contribution >= 4 is 35.2 Å². The summed E-state index contributed by atoms with van der Waals surface area (Å²) in [4.78, 5) is 36.9. The number of thioether (sulfide) groups is 1. The second kappa shape index (κ2) is 8.26. The van der Waals surface area contributed by atoms with Gasteiger partial charge in [0.2, 0.25) is 5.91 Å². The van der Waals surface area contributed by atoms with Crippen molar-refractivity contribution in [1.29, 1.82) is 0 Å². The third kappa shape index (κ3) is 4.68. The van der Waals surface area contributed by atoms with Gasteiger partial charge in [0.15, 0.2) is 6.61 Å². The molecule has 6 nitrogen and oxygen atoms in total. The number of hydrogen-bond acceptors (Lipinski definition) is 5. The van der Waals surface area contributed by atoms with Crippen molar-refractivity contribution in [2.45, 2.75) is 30.0 Å². The van der Waals surface area contributed by atoms with Crippen molar-refractivity contribution < 1.29 is 19.1 Å². The van der Waals surface area contributed by atoms with Gasteiger partial charge in [0, 0.05) is 4.90 Å². The lowest BCUT2D eigenvalue weighted by molar-refractivity contribution is -0.124. The highest BCUT2D eigenvalue weighted by atomic mass is 32.2. The van der Waals surface area contributed by atoms with Crippen LogP contribution in [0.2, 0.25) is 0 Å². The van der Waals surface area contributed by atoms with E-state index in [4.69, 9.17) is 4.74 Å². The zero-order valence-electron chi connectivity index (χ0n) is 15.0. The van der Waals surface area contributed by atoms with E-state index in [1.807, 2.05) is 44.2 Å². The molecule has 0 aliphatic carbocycles. The quantitative estimate of drug-likeness (QED) is 0.774. The molecule has 1 heterocycles. The van der Waals surface area contributed by atoms with Crippen LogP contribution >= 0.6 is 11.8 Å². The Morgan fingerprint density at radius 2 is 1.96 bits per heavy atom. The molecular weight excluding hydrogens is 364 g/mol. The number of fused-ring (bicyclic) bond motifs is 1. The predicted molar refractivity (Wildman–Crippen MR) is 104 cm³/mol. The first kappa shape index (κ1) is 19.0. The molecule has 2 unspecified atom stereocenters. The third-order valence-corrected chi connectivity index (χ3v) is 5.34. The summed E-state index contributed by atoms with van der Waals surface area (Å²) in [7, 11) is 0. The van der Waals surface area contributed by atoms with Gasteiger partial charge in [-0.25, -0.2) is 4.79 Å². The fourth-order valence-electron chi connectivity index (χ4n) is 2.66. The lowest BCUT2D eigenvalue weighted by atomic mass is 10.1. The first-order valence-corrected chi connectivity index (χ1v) is 9.45. The maximum atomic E-state index is 12.2. The molecule has 2 atom stereocenters. The minimum Gasteiger partial charge on any atom is -0.452 e. The molecule has 2 amide bonds. The van der Waals surface area contributed by atoms with Crippen molar-refractivity contribution in [2.75, 3.05) is 11.9 Å². The van der Waals surface area contributed by atoms with E-state index in [9.17, 15) is 14.4 Å². The maximum absolute atomic E-state index is 12.2. The molecule has 2 aromatic rings. The highest BCUT2D eigenvalue weighted by molar-refractivity contribution is 8.00. The van der Waals surface area contributed by atoms with E-state index in [0.29, 0.717) is 5.69 Å². The normalized spacial score (nSPS) is 16.7. The van der Waals surface area contributed by atoms with Crippen LogP contribution in [0.4, 0.5) is 5.69 Å². The van der Waals surface area contributed by atoms with Crippen LogP contribution in [-0.2, 0) is 14.3 Å². The fraction of sp³-hybridized carbons (Fsp3) is 0.250. The largest absolute Gasteiger partial charge is 0.452 e. The van der Waals surface area contributed by atoms with E-state index < -0.39 is 5.97 Å². The Bertz CT molecular complexity index is 870. The second-order valence-corrected chi connectivity index (χ2v) is 7.62. The van der Waals surface area contributed by atoms with E-state index in [-0.39, 0.29) is 35.3 Å². The Morgan fingerprint density at radius 3 is 2.70 bits per heavy atom. The summed E-state index contributed by atoms with van der Waals surface area (Å²) in [6.07, 6.45) is 0. The molecule has 0 bridgehead atoms. The number of carbonyl (C=O) groups is 3. The van der Waals surface area contributed by atoms with Gasteiger partial charge in [0.05, 0.1) is 22.5 Å². The SMILES string of the molecule is CC1Sc2ccc(C(=O)OCC(=O)NC(C)c3ccccc3)cc2NC1=O. The van der Waals surface area contributed by atoms with Gasteiger partial charge in [-0.1, -0.05) is 30.3 Å². The standard InChI is InChI=1S/C20H20N2O4S/c1-12(14-6-4-3-5-7-14)21-18(23)11-26-20(25)15-8-9-17-16(10-15)22-19(24)13(2)27-17/h3-10,12-13H,11H2,1-2H3,(H,21,23)(H,22,24). The predicted octanol–water partition coefficient (Wildman–Crippen LogP) is 3.15. The molecule has 1 aliphatic rings. The Balaban J connectivity index is 1.56. The molecule has 0 spiro atoms. The number of carbonyl (C=O) groups excluding carboxylic acids is 3. The first-order chi connectivity index (χ1) is 12.9. The highest BCUT2D eigenvalue weighted by Gasteiger charge is 2.24. The number of benzene rings is 2. The number of ether oxygens (including phenoxy) is 1. The average Bonchev–Trinajstić information content (AvgIpc) is 2.67. The van der Waals surface area contributed by atoms with Gasteiger partial charge in [-0.05, 0) is 37.6 Å². The minimum atomic E-state index is -0.613. The van der Waals surface area contributed by atoms with Gasteiger partial charge in [-0.3, -0.25) is 9.59 Å². The van der Waals surface area contributed by atoms with Crippen LogP contribution in [0.25, 0.3) is 0 Å². The Labute approximate surface area is 161 Å². The number of amides is 2. The van der Waals surface area contributed by atoms with Gasteiger partial charge in [0.1, 0.15) is 0 Å². The van der Waals surface area contributed by atoms with Gasteiger partial charge in [0.25, 0.3) is 5.91 Å². The van der Waals surface area contributed by atoms with Crippen LogP contribution < -0.4 is 10.6 Å². The van der Waals surface area contributed by atoms with E-state index in [2.05, 4.69) is 10.6 Å². The molecule has 2 aromatic carbocycles. The van der Waals surface area contributed by atoms with Gasteiger partial charge < -0.3 is 15.4 Å². The molecule has 0 fully saturated rings. The smallest absolute Gasteiger partial charge is 0.338 e. The zero-order valence-corrected chi connectivity index (χ0v) is 15.8. The third-order valence-electron chi connectivity index (χ3n) is 4.16. The van der Waals surface area contributed by atoms with Crippen molar-refractivity contribution in [1.82, 2.24) is 5.32 Å². The Hall–Kier alpha value is -2.80. The average molecular weight is 384 g/mol. The lowest BCUT2D eigenvalue weighted by Gasteiger charge is -2.21. The van der Waals surface area contributed by atoms with Crippen LogP contribution in [0.5, 0.6) is 0 Å². The van der Waals surface area contributed by atoms with Gasteiger partial charge in [-0.2, -0.15) is 0 Å². The van der Waals surface area contributed by atoms with Crippen LogP contribution in [0.15, 0.2) is 53.4 Å². The van der Waals surface area contributed by atoms with E-state index in [1.165, 1.54) is 11.8 Å². The van der Waals surface area contributed by atoms with Crippen molar-refractivity contribution in [3.05, 3.63) is 59.7 Å². The topological polar surface area (TPSA) is 84.5 Å². The molecule has 3 rings (SSSR count). The number of anilines is 1. The molecular formula is C20H20N2O4S. The summed E-state index contributed by atoms with van der Waals surface area (Å²) in [6.45, 7) is 3.31. The molecule has 1 aliphatic heterocycles. The summed E-state index contributed by atoms with van der Waals surface area (Å²) in [5, 5.41) is 5.38. The van der Waals surface area contributed by atoms with Gasteiger partial charge >= 0.3 is 5.97 Å². The Morgan fingerprint density at radius 1 is 1.22 bits per heavy atom. The van der Waals surface area contributed by atoms with Crippen LogP contribution in [0.3, 0.4) is 0 Å². The lowest BCUT2D eigenvalue weighted by Crippen LogP contribution is -2.31. The van der Waals surface area contributed by atoms with Crippen molar-refractivity contribution in [3.63, 3.8) is 0 Å². The molecule has 0 aromatic heterocycles. The van der Waals surface area contributed by atoms with Crippen molar-refractivity contribution in [3.8, 4) is 0 Å². The monoisotopic (exact) mass is 384 g/mol. The van der Waals surface area contributed by atoms with E-state index in [1.54, 1.807) is 18.2 Å². The maximum Gasteiger partial charge on any atom is 0.338 e. The summed E-state index contributed by atoms with van der Waals surface area (Å²) < 4.78 is 5.10. The molecule has 7 heteroatoms. The molecule has 0 saturated heterocycles. The van der Waals surface area contributed by atoms with Gasteiger partial charge in [-0.15, -0.1) is 11.8 Å². The number of rotatable bonds is 5. The molecule has 0 saturated carbocycles. The molecule has 2 N–H and O–H groups in total. The summed E-state index contributed by atoms with van der Waals surface area (Å²) in [5.74, 6) is -1.10. The summed E-state index contributed by atoms with van der Waals surface area (Å²) in [5.41, 5.74) is 1.84. The van der Waals surface area contributed by atoms with Crippen molar-refractivity contribution in [2.24, 2.45) is 0 Å². The summed E-state index contributed by atoms with van der Waals surface area (Å²) in [6, 6.07) is 14.3. The fourth-order valence-corrected chi connectivity index (χ4v) is 3.59. The highest BCUT2D eigenvalue weighted by Crippen LogP contribution is 2.36. The molecule has 140 valence electrons. The van der Waals surface area contributed by atoms with E-state index in [0.717, 1.165) is 10.5 Å². The minimum absolute atomic E-state index is 0.104. The second-order valence-electron chi connectivity index (χ2n) is 6.24.